The molecule has 1 fully saturated rings. The molecule has 8 heteroatoms. The molecule has 25 heavy (non-hydrogen) atoms. The second kappa shape index (κ2) is 8.66. The summed E-state index contributed by atoms with van der Waals surface area (Å²) in [7, 11) is 1.76. The molecule has 1 unspecified atom stereocenters. The van der Waals surface area contributed by atoms with Crippen LogP contribution >= 0.6 is 0 Å². The number of aliphatic imine (C=N–C) groups is 1. The van der Waals surface area contributed by atoms with Gasteiger partial charge in [0.05, 0.1) is 12.9 Å². The molecule has 0 aliphatic carbocycles. The second-order valence-corrected chi connectivity index (χ2v) is 6.12. The van der Waals surface area contributed by atoms with E-state index in [-0.39, 0.29) is 0 Å². The average Bonchev–Trinajstić information content (AvgIpc) is 3.35. The first kappa shape index (κ1) is 17.5. The molecular formula is C17H26N6O2. The Morgan fingerprint density at radius 3 is 3.24 bits per heavy atom. The maximum absolute atomic E-state index is 5.31. The van der Waals surface area contributed by atoms with E-state index in [1.165, 1.54) is 0 Å². The van der Waals surface area contributed by atoms with Gasteiger partial charge in [-0.05, 0) is 25.5 Å². The maximum atomic E-state index is 5.31. The monoisotopic (exact) mass is 346 g/mol. The molecule has 136 valence electrons. The fourth-order valence-electron chi connectivity index (χ4n) is 3.01. The van der Waals surface area contributed by atoms with Crippen molar-refractivity contribution < 1.29 is 9.15 Å². The fraction of sp³-hybridized carbons (Fsp3) is 0.588. The van der Waals surface area contributed by atoms with Crippen LogP contribution in [0.15, 0.2) is 27.8 Å². The normalized spacial score (nSPS) is 18.1. The number of hydrogen-bond donors (Lipinski definition) is 2. The largest absolute Gasteiger partial charge is 0.461 e. The third-order valence-corrected chi connectivity index (χ3v) is 4.21. The van der Waals surface area contributed by atoms with Crippen molar-refractivity contribution in [3.63, 3.8) is 0 Å². The van der Waals surface area contributed by atoms with Gasteiger partial charge in [0.15, 0.2) is 11.7 Å². The molecule has 0 spiro atoms. The number of rotatable bonds is 7. The molecule has 0 amide bonds. The first-order valence-corrected chi connectivity index (χ1v) is 8.77. The lowest BCUT2D eigenvalue weighted by Gasteiger charge is -2.21. The van der Waals surface area contributed by atoms with E-state index >= 15 is 0 Å². The topological polar surface area (TPSA) is 91.6 Å². The van der Waals surface area contributed by atoms with E-state index in [2.05, 4.69) is 32.3 Å². The van der Waals surface area contributed by atoms with Crippen LogP contribution in [0.3, 0.4) is 0 Å². The molecule has 2 aromatic heterocycles. The first-order chi connectivity index (χ1) is 12.3. The number of guanidine groups is 1. The summed E-state index contributed by atoms with van der Waals surface area (Å²) in [5.41, 5.74) is 0. The number of aromatic nitrogens is 3. The van der Waals surface area contributed by atoms with Gasteiger partial charge in [0, 0.05) is 45.6 Å². The lowest BCUT2D eigenvalue weighted by molar-refractivity contribution is 0.157. The van der Waals surface area contributed by atoms with Gasteiger partial charge in [-0.1, -0.05) is 0 Å². The summed E-state index contributed by atoms with van der Waals surface area (Å²) in [6, 6.07) is 3.67. The number of aromatic amines is 1. The minimum absolute atomic E-state index is 0.581. The number of hydrogen-bond acceptors (Lipinski definition) is 5. The zero-order valence-electron chi connectivity index (χ0n) is 14.9. The highest BCUT2D eigenvalue weighted by Gasteiger charge is 2.24. The van der Waals surface area contributed by atoms with Crippen LogP contribution < -0.4 is 5.32 Å². The van der Waals surface area contributed by atoms with Crippen molar-refractivity contribution in [2.75, 3.05) is 39.9 Å². The molecule has 3 rings (SSSR count). The SMILES string of the molecule is CCNC(=NCCc1nc(-c2ccco2)n[nH]1)N1CCC(COC)C1. The molecule has 1 atom stereocenters. The highest BCUT2D eigenvalue weighted by Crippen LogP contribution is 2.17. The van der Waals surface area contributed by atoms with Crippen molar-refractivity contribution in [2.45, 2.75) is 19.8 Å². The van der Waals surface area contributed by atoms with E-state index in [0.29, 0.717) is 30.5 Å². The van der Waals surface area contributed by atoms with Gasteiger partial charge in [-0.15, -0.1) is 0 Å². The van der Waals surface area contributed by atoms with Crippen molar-refractivity contribution in [3.8, 4) is 11.6 Å². The quantitative estimate of drug-likeness (QED) is 0.584. The minimum Gasteiger partial charge on any atom is -0.461 e. The first-order valence-electron chi connectivity index (χ1n) is 8.77. The molecule has 1 aliphatic heterocycles. The van der Waals surface area contributed by atoms with E-state index in [1.54, 1.807) is 13.4 Å². The molecular weight excluding hydrogens is 320 g/mol. The Morgan fingerprint density at radius 2 is 2.48 bits per heavy atom. The summed E-state index contributed by atoms with van der Waals surface area (Å²) in [5, 5.41) is 10.5. The Morgan fingerprint density at radius 1 is 1.56 bits per heavy atom. The van der Waals surface area contributed by atoms with Crippen LogP contribution in [0.25, 0.3) is 11.6 Å². The van der Waals surface area contributed by atoms with Crippen LogP contribution in [0, 0.1) is 5.92 Å². The molecule has 0 bridgehead atoms. The molecule has 1 aliphatic rings. The highest BCUT2D eigenvalue weighted by molar-refractivity contribution is 5.80. The van der Waals surface area contributed by atoms with Gasteiger partial charge in [-0.2, -0.15) is 5.10 Å². The Balaban J connectivity index is 1.55. The van der Waals surface area contributed by atoms with Gasteiger partial charge >= 0.3 is 0 Å². The smallest absolute Gasteiger partial charge is 0.216 e. The summed E-state index contributed by atoms with van der Waals surface area (Å²) >= 11 is 0. The van der Waals surface area contributed by atoms with Gasteiger partial charge in [-0.25, -0.2) is 4.98 Å². The predicted octanol–water partition coefficient (Wildman–Crippen LogP) is 1.54. The molecule has 3 heterocycles. The van der Waals surface area contributed by atoms with E-state index in [4.69, 9.17) is 14.1 Å². The minimum atomic E-state index is 0.581. The number of furan rings is 1. The van der Waals surface area contributed by atoms with E-state index < -0.39 is 0 Å². The Labute approximate surface area is 147 Å². The molecule has 0 radical (unpaired) electrons. The second-order valence-electron chi connectivity index (χ2n) is 6.12. The third kappa shape index (κ3) is 4.60. The van der Waals surface area contributed by atoms with Gasteiger partial charge in [0.25, 0.3) is 0 Å². The van der Waals surface area contributed by atoms with Crippen molar-refractivity contribution in [2.24, 2.45) is 10.9 Å². The summed E-state index contributed by atoms with van der Waals surface area (Å²) < 4.78 is 10.6. The Kier molecular flexibility index (Phi) is 6.05. The molecule has 8 nitrogen and oxygen atoms in total. The van der Waals surface area contributed by atoms with Gasteiger partial charge < -0.3 is 19.4 Å². The molecule has 0 saturated carbocycles. The van der Waals surface area contributed by atoms with Crippen LogP contribution in [0.5, 0.6) is 0 Å². The molecule has 2 aromatic rings. The number of nitrogens with one attached hydrogen (secondary N) is 2. The van der Waals surface area contributed by atoms with Crippen molar-refractivity contribution in [3.05, 3.63) is 24.2 Å². The molecule has 0 aromatic carbocycles. The zero-order valence-corrected chi connectivity index (χ0v) is 14.9. The third-order valence-electron chi connectivity index (χ3n) is 4.21. The van der Waals surface area contributed by atoms with Crippen LogP contribution in [-0.4, -0.2) is 65.9 Å². The van der Waals surface area contributed by atoms with Gasteiger partial charge in [-0.3, -0.25) is 10.1 Å². The standard InChI is InChI=1S/C17H26N6O2/c1-3-18-17(23-9-7-13(11-23)12-24-2)19-8-6-15-20-16(22-21-15)14-5-4-10-25-14/h4-5,10,13H,3,6-9,11-12H2,1-2H3,(H,18,19)(H,20,21,22). The maximum Gasteiger partial charge on any atom is 0.216 e. The van der Waals surface area contributed by atoms with Crippen LogP contribution in [0.1, 0.15) is 19.2 Å². The summed E-state index contributed by atoms with van der Waals surface area (Å²) in [6.45, 7) is 6.42. The molecule has 1 saturated heterocycles. The van der Waals surface area contributed by atoms with Crippen LogP contribution in [0.4, 0.5) is 0 Å². The van der Waals surface area contributed by atoms with Gasteiger partial charge in [0.2, 0.25) is 5.82 Å². The zero-order chi connectivity index (χ0) is 17.5. The van der Waals surface area contributed by atoms with Crippen molar-refractivity contribution >= 4 is 5.96 Å². The Bertz CT molecular complexity index is 666. The molecule has 2 N–H and O–H groups in total. The van der Waals surface area contributed by atoms with E-state index in [1.807, 2.05) is 12.1 Å². The van der Waals surface area contributed by atoms with Crippen molar-refractivity contribution in [1.29, 1.82) is 0 Å². The Hall–Kier alpha value is -2.35. The predicted molar refractivity (Wildman–Crippen MR) is 95.3 cm³/mol. The summed E-state index contributed by atoms with van der Waals surface area (Å²) in [6.07, 6.45) is 3.47. The lowest BCUT2D eigenvalue weighted by atomic mass is 10.1. The van der Waals surface area contributed by atoms with Crippen molar-refractivity contribution in [1.82, 2.24) is 25.4 Å². The average molecular weight is 346 g/mol. The number of methoxy groups -OCH3 is 1. The summed E-state index contributed by atoms with van der Waals surface area (Å²) in [4.78, 5) is 11.5. The van der Waals surface area contributed by atoms with Crippen LogP contribution in [-0.2, 0) is 11.2 Å². The fourth-order valence-corrected chi connectivity index (χ4v) is 3.01. The lowest BCUT2D eigenvalue weighted by Crippen LogP contribution is -2.40. The number of ether oxygens (including phenoxy) is 1. The van der Waals surface area contributed by atoms with Gasteiger partial charge in [0.1, 0.15) is 5.82 Å². The highest BCUT2D eigenvalue weighted by atomic mass is 16.5. The number of H-pyrrole nitrogens is 1. The van der Waals surface area contributed by atoms with E-state index in [0.717, 1.165) is 44.4 Å². The number of likely N-dealkylation sites (tertiary alicyclic amines) is 1. The summed E-state index contributed by atoms with van der Waals surface area (Å²) in [5.74, 6) is 3.61. The number of nitrogens with zero attached hydrogens (tertiary/aromatic N) is 4. The van der Waals surface area contributed by atoms with E-state index in [9.17, 15) is 0 Å². The van der Waals surface area contributed by atoms with Crippen LogP contribution in [0.2, 0.25) is 0 Å².